The summed E-state index contributed by atoms with van der Waals surface area (Å²) in [5.41, 5.74) is 0.720. The number of benzene rings is 1. The molecule has 5 nitrogen and oxygen atoms in total. The predicted octanol–water partition coefficient (Wildman–Crippen LogP) is 2.36. The van der Waals surface area contributed by atoms with Gasteiger partial charge < -0.3 is 10.2 Å². The Bertz CT molecular complexity index is 584. The van der Waals surface area contributed by atoms with Gasteiger partial charge in [-0.2, -0.15) is 0 Å². The Labute approximate surface area is 126 Å². The van der Waals surface area contributed by atoms with Crippen molar-refractivity contribution >= 4 is 21.6 Å². The topological polar surface area (TPSA) is 66.5 Å². The Morgan fingerprint density at radius 1 is 1.33 bits per heavy atom. The SMILES string of the molecule is CC(C)CN(C(=O)Nc1ccccc1)C1CCS(=O)(=O)C1. The molecule has 116 valence electrons. The average Bonchev–Trinajstić information content (AvgIpc) is 2.77. The van der Waals surface area contributed by atoms with Crippen LogP contribution in [0.25, 0.3) is 0 Å². The maximum atomic E-state index is 12.5. The maximum Gasteiger partial charge on any atom is 0.322 e. The lowest BCUT2D eigenvalue weighted by Gasteiger charge is -2.30. The third-order valence-electron chi connectivity index (χ3n) is 3.50. The van der Waals surface area contributed by atoms with Gasteiger partial charge in [0.05, 0.1) is 11.5 Å². The Morgan fingerprint density at radius 3 is 2.52 bits per heavy atom. The number of para-hydroxylation sites is 1. The lowest BCUT2D eigenvalue weighted by Crippen LogP contribution is -2.45. The molecule has 0 aliphatic carbocycles. The first-order valence-corrected chi connectivity index (χ1v) is 9.02. The highest BCUT2D eigenvalue weighted by atomic mass is 32.2. The van der Waals surface area contributed by atoms with E-state index in [0.29, 0.717) is 13.0 Å². The van der Waals surface area contributed by atoms with Crippen LogP contribution in [-0.2, 0) is 9.84 Å². The van der Waals surface area contributed by atoms with Gasteiger partial charge in [0.15, 0.2) is 9.84 Å². The molecule has 1 atom stereocenters. The fraction of sp³-hybridized carbons (Fsp3) is 0.533. The van der Waals surface area contributed by atoms with Crippen LogP contribution in [0.4, 0.5) is 10.5 Å². The second-order valence-corrected chi connectivity index (χ2v) is 8.13. The largest absolute Gasteiger partial charge is 0.322 e. The standard InChI is InChI=1S/C15H22N2O3S/c1-12(2)10-17(14-8-9-21(19,20)11-14)15(18)16-13-6-4-3-5-7-13/h3-7,12,14H,8-11H2,1-2H3,(H,16,18). The van der Waals surface area contributed by atoms with E-state index in [-0.39, 0.29) is 29.5 Å². The van der Waals surface area contributed by atoms with Crippen molar-refractivity contribution in [2.75, 3.05) is 23.4 Å². The van der Waals surface area contributed by atoms with Crippen LogP contribution < -0.4 is 5.32 Å². The van der Waals surface area contributed by atoms with Crippen molar-refractivity contribution in [1.29, 1.82) is 0 Å². The van der Waals surface area contributed by atoms with Crippen LogP contribution in [0.3, 0.4) is 0 Å². The molecule has 1 aromatic carbocycles. The molecular formula is C15H22N2O3S. The quantitative estimate of drug-likeness (QED) is 0.928. The van der Waals surface area contributed by atoms with Crippen molar-refractivity contribution in [2.45, 2.75) is 26.3 Å². The van der Waals surface area contributed by atoms with E-state index in [2.05, 4.69) is 5.32 Å². The first kappa shape index (κ1) is 15.8. The Hall–Kier alpha value is -1.56. The predicted molar refractivity (Wildman–Crippen MR) is 84.1 cm³/mol. The summed E-state index contributed by atoms with van der Waals surface area (Å²) in [5.74, 6) is 0.530. The lowest BCUT2D eigenvalue weighted by molar-refractivity contribution is 0.184. The normalized spacial score (nSPS) is 20.4. The molecular weight excluding hydrogens is 288 g/mol. The lowest BCUT2D eigenvalue weighted by atomic mass is 10.1. The number of anilines is 1. The van der Waals surface area contributed by atoms with Crippen LogP contribution in [0.2, 0.25) is 0 Å². The zero-order valence-electron chi connectivity index (χ0n) is 12.5. The molecule has 0 radical (unpaired) electrons. The van der Waals surface area contributed by atoms with Gasteiger partial charge in [-0.3, -0.25) is 0 Å². The van der Waals surface area contributed by atoms with Crippen molar-refractivity contribution in [3.8, 4) is 0 Å². The number of carbonyl (C=O) groups excluding carboxylic acids is 1. The van der Waals surface area contributed by atoms with Crippen LogP contribution in [0, 0.1) is 5.92 Å². The van der Waals surface area contributed by atoms with Gasteiger partial charge in [-0.15, -0.1) is 0 Å². The van der Waals surface area contributed by atoms with E-state index in [1.807, 2.05) is 44.2 Å². The molecule has 6 heteroatoms. The summed E-state index contributed by atoms with van der Waals surface area (Å²) >= 11 is 0. The zero-order valence-corrected chi connectivity index (χ0v) is 13.3. The van der Waals surface area contributed by atoms with Gasteiger partial charge in [0.25, 0.3) is 0 Å². The van der Waals surface area contributed by atoms with Crippen LogP contribution in [0.1, 0.15) is 20.3 Å². The molecule has 1 unspecified atom stereocenters. The van der Waals surface area contributed by atoms with Crippen molar-refractivity contribution in [1.82, 2.24) is 4.90 Å². The summed E-state index contributed by atoms with van der Waals surface area (Å²) in [6, 6.07) is 8.77. The van der Waals surface area contributed by atoms with Crippen molar-refractivity contribution < 1.29 is 13.2 Å². The number of hydrogen-bond acceptors (Lipinski definition) is 3. The monoisotopic (exact) mass is 310 g/mol. The number of urea groups is 1. The fourth-order valence-electron chi connectivity index (χ4n) is 2.53. The summed E-state index contributed by atoms with van der Waals surface area (Å²) in [6.07, 6.45) is 0.525. The molecule has 21 heavy (non-hydrogen) atoms. The van der Waals surface area contributed by atoms with Gasteiger partial charge in [0.1, 0.15) is 0 Å². The van der Waals surface area contributed by atoms with Gasteiger partial charge in [0, 0.05) is 18.3 Å². The van der Waals surface area contributed by atoms with E-state index in [1.165, 1.54) is 0 Å². The maximum absolute atomic E-state index is 12.5. The molecule has 1 saturated heterocycles. The number of sulfone groups is 1. The smallest absolute Gasteiger partial charge is 0.320 e. The van der Waals surface area contributed by atoms with Crippen LogP contribution >= 0.6 is 0 Å². The van der Waals surface area contributed by atoms with Crippen molar-refractivity contribution in [3.63, 3.8) is 0 Å². The molecule has 0 aromatic heterocycles. The van der Waals surface area contributed by atoms with Gasteiger partial charge in [0.2, 0.25) is 0 Å². The van der Waals surface area contributed by atoms with Gasteiger partial charge >= 0.3 is 6.03 Å². The summed E-state index contributed by atoms with van der Waals surface area (Å²) in [6.45, 7) is 4.59. The van der Waals surface area contributed by atoms with Gasteiger partial charge in [-0.1, -0.05) is 32.0 Å². The third-order valence-corrected chi connectivity index (χ3v) is 5.25. The Morgan fingerprint density at radius 2 is 2.00 bits per heavy atom. The number of carbonyl (C=O) groups is 1. The third kappa shape index (κ3) is 4.46. The summed E-state index contributed by atoms with van der Waals surface area (Å²) in [5, 5.41) is 2.84. The number of rotatable bonds is 4. The van der Waals surface area contributed by atoms with Crippen molar-refractivity contribution in [3.05, 3.63) is 30.3 Å². The molecule has 0 saturated carbocycles. The molecule has 1 N–H and O–H groups in total. The minimum Gasteiger partial charge on any atom is -0.320 e. The number of nitrogens with one attached hydrogen (secondary N) is 1. The molecule has 1 heterocycles. The Kier molecular flexibility index (Phi) is 4.88. The molecule has 2 rings (SSSR count). The summed E-state index contributed by atoms with van der Waals surface area (Å²) in [4.78, 5) is 14.1. The van der Waals surface area contributed by atoms with E-state index in [9.17, 15) is 13.2 Å². The second kappa shape index (κ2) is 6.47. The fourth-order valence-corrected chi connectivity index (χ4v) is 4.26. The van der Waals surface area contributed by atoms with E-state index >= 15 is 0 Å². The molecule has 1 aromatic rings. The molecule has 0 spiro atoms. The Balaban J connectivity index is 2.10. The highest BCUT2D eigenvalue weighted by molar-refractivity contribution is 7.91. The van der Waals surface area contributed by atoms with Gasteiger partial charge in [-0.05, 0) is 24.5 Å². The molecule has 1 aliphatic rings. The first-order chi connectivity index (χ1) is 9.87. The second-order valence-electron chi connectivity index (χ2n) is 5.90. The number of nitrogens with zero attached hydrogens (tertiary/aromatic N) is 1. The molecule has 1 fully saturated rings. The number of hydrogen-bond donors (Lipinski definition) is 1. The van der Waals surface area contributed by atoms with E-state index in [4.69, 9.17) is 0 Å². The minimum absolute atomic E-state index is 0.0714. The first-order valence-electron chi connectivity index (χ1n) is 7.20. The molecule has 1 aliphatic heterocycles. The van der Waals surface area contributed by atoms with E-state index < -0.39 is 9.84 Å². The molecule has 2 amide bonds. The van der Waals surface area contributed by atoms with Crippen molar-refractivity contribution in [2.24, 2.45) is 5.92 Å². The minimum atomic E-state index is -3.00. The van der Waals surface area contributed by atoms with Crippen LogP contribution in [-0.4, -0.2) is 43.4 Å². The molecule has 0 bridgehead atoms. The summed E-state index contributed by atoms with van der Waals surface area (Å²) < 4.78 is 23.3. The van der Waals surface area contributed by atoms with Gasteiger partial charge in [-0.25, -0.2) is 13.2 Å². The highest BCUT2D eigenvalue weighted by Gasteiger charge is 2.34. The highest BCUT2D eigenvalue weighted by Crippen LogP contribution is 2.20. The average molecular weight is 310 g/mol. The van der Waals surface area contributed by atoms with Crippen LogP contribution in [0.5, 0.6) is 0 Å². The number of amides is 2. The van der Waals surface area contributed by atoms with Crippen LogP contribution in [0.15, 0.2) is 30.3 Å². The van der Waals surface area contributed by atoms with E-state index in [0.717, 1.165) is 5.69 Å². The summed E-state index contributed by atoms with van der Waals surface area (Å²) in [7, 11) is -3.00. The zero-order chi connectivity index (χ0) is 15.5. The van der Waals surface area contributed by atoms with E-state index in [1.54, 1.807) is 4.90 Å².